The number of nitrogens with zero attached hydrogens (tertiary/aromatic N) is 2. The topological polar surface area (TPSA) is 42.1 Å². The molecule has 0 aromatic carbocycles. The van der Waals surface area contributed by atoms with Gasteiger partial charge in [-0.15, -0.1) is 0 Å². The molecule has 0 aliphatic carbocycles. The van der Waals surface area contributed by atoms with Crippen LogP contribution in [0.5, 0.6) is 0 Å². The third-order valence-corrected chi connectivity index (χ3v) is 2.17. The van der Waals surface area contributed by atoms with Gasteiger partial charge in [-0.25, -0.2) is 0 Å². The normalized spacial score (nSPS) is 10.8. The Morgan fingerprint density at radius 1 is 1.43 bits per heavy atom. The minimum Gasteiger partial charge on any atom is -0.330 e. The van der Waals surface area contributed by atoms with Gasteiger partial charge in [0, 0.05) is 18.9 Å². The van der Waals surface area contributed by atoms with Crippen LogP contribution in [0.1, 0.15) is 18.4 Å². The predicted octanol–water partition coefficient (Wildman–Crippen LogP) is 1.25. The molecule has 0 aliphatic heterocycles. The van der Waals surface area contributed by atoms with Crippen LogP contribution in [0.3, 0.4) is 0 Å². The highest BCUT2D eigenvalue weighted by Gasteiger charge is 1.98. The van der Waals surface area contributed by atoms with Crippen molar-refractivity contribution >= 4 is 0 Å². The number of nitrogens with two attached hydrogens (primary N) is 1. The first-order valence-corrected chi connectivity index (χ1v) is 5.10. The molecule has 0 radical (unpaired) electrons. The number of rotatable bonds is 6. The molecule has 2 N–H and O–H groups in total. The van der Waals surface area contributed by atoms with Crippen molar-refractivity contribution in [2.45, 2.75) is 19.4 Å². The Labute approximate surface area is 85.9 Å². The van der Waals surface area contributed by atoms with E-state index in [0.29, 0.717) is 0 Å². The van der Waals surface area contributed by atoms with E-state index >= 15 is 0 Å². The molecule has 1 rings (SSSR count). The van der Waals surface area contributed by atoms with Crippen LogP contribution in [-0.2, 0) is 6.54 Å². The largest absolute Gasteiger partial charge is 0.330 e. The molecule has 0 fully saturated rings. The van der Waals surface area contributed by atoms with Crippen LogP contribution in [-0.4, -0.2) is 30.0 Å². The summed E-state index contributed by atoms with van der Waals surface area (Å²) < 4.78 is 0. The number of aromatic nitrogens is 1. The number of hydrogen-bond donors (Lipinski definition) is 1. The summed E-state index contributed by atoms with van der Waals surface area (Å²) in [6.45, 7) is 2.87. The Morgan fingerprint density at radius 3 is 2.93 bits per heavy atom. The second-order valence-corrected chi connectivity index (χ2v) is 3.59. The predicted molar refractivity (Wildman–Crippen MR) is 58.9 cm³/mol. The highest BCUT2D eigenvalue weighted by molar-refractivity contribution is 5.07. The van der Waals surface area contributed by atoms with E-state index in [2.05, 4.69) is 23.0 Å². The maximum Gasteiger partial charge on any atom is 0.0312 e. The average molecular weight is 193 g/mol. The molecule has 0 atom stereocenters. The maximum absolute atomic E-state index is 5.44. The van der Waals surface area contributed by atoms with Gasteiger partial charge in [-0.05, 0) is 44.6 Å². The van der Waals surface area contributed by atoms with Gasteiger partial charge >= 0.3 is 0 Å². The zero-order chi connectivity index (χ0) is 10.2. The van der Waals surface area contributed by atoms with Crippen molar-refractivity contribution in [1.29, 1.82) is 0 Å². The molecular formula is C11H19N3. The lowest BCUT2D eigenvalue weighted by atomic mass is 10.2. The summed E-state index contributed by atoms with van der Waals surface area (Å²) in [7, 11) is 2.13. The van der Waals surface area contributed by atoms with E-state index in [9.17, 15) is 0 Å². The van der Waals surface area contributed by atoms with Crippen molar-refractivity contribution < 1.29 is 0 Å². The van der Waals surface area contributed by atoms with E-state index < -0.39 is 0 Å². The summed E-state index contributed by atoms with van der Waals surface area (Å²) in [5.41, 5.74) is 6.71. The fourth-order valence-electron chi connectivity index (χ4n) is 1.41. The summed E-state index contributed by atoms with van der Waals surface area (Å²) in [5.74, 6) is 0. The van der Waals surface area contributed by atoms with Crippen molar-refractivity contribution in [2.75, 3.05) is 20.1 Å². The van der Waals surface area contributed by atoms with Crippen molar-refractivity contribution in [3.05, 3.63) is 30.1 Å². The minimum atomic E-state index is 0.792. The molecule has 0 unspecified atom stereocenters. The smallest absolute Gasteiger partial charge is 0.0312 e. The SMILES string of the molecule is CN(CCCCN)Cc1cccnc1. The molecule has 0 aliphatic rings. The van der Waals surface area contributed by atoms with Gasteiger partial charge in [0.05, 0.1) is 0 Å². The van der Waals surface area contributed by atoms with Gasteiger partial charge in [0.1, 0.15) is 0 Å². The molecule has 1 aromatic rings. The van der Waals surface area contributed by atoms with E-state index in [1.54, 1.807) is 6.20 Å². The van der Waals surface area contributed by atoms with Crippen LogP contribution >= 0.6 is 0 Å². The molecule has 3 nitrogen and oxygen atoms in total. The van der Waals surface area contributed by atoms with Crippen molar-refractivity contribution in [3.63, 3.8) is 0 Å². The highest BCUT2D eigenvalue weighted by Crippen LogP contribution is 2.01. The van der Waals surface area contributed by atoms with E-state index in [-0.39, 0.29) is 0 Å². The average Bonchev–Trinajstić information content (AvgIpc) is 2.20. The van der Waals surface area contributed by atoms with Crippen LogP contribution in [0.15, 0.2) is 24.5 Å². The highest BCUT2D eigenvalue weighted by atomic mass is 15.1. The Balaban J connectivity index is 2.23. The van der Waals surface area contributed by atoms with E-state index in [0.717, 1.165) is 26.1 Å². The summed E-state index contributed by atoms with van der Waals surface area (Å²) in [4.78, 5) is 6.39. The standard InChI is InChI=1S/C11H19N3/c1-14(8-3-2-6-12)10-11-5-4-7-13-9-11/h4-5,7,9H,2-3,6,8,10,12H2,1H3. The second kappa shape index (κ2) is 6.51. The monoisotopic (exact) mass is 193 g/mol. The first-order chi connectivity index (χ1) is 6.83. The maximum atomic E-state index is 5.44. The lowest BCUT2D eigenvalue weighted by Gasteiger charge is -2.15. The van der Waals surface area contributed by atoms with Gasteiger partial charge in [0.15, 0.2) is 0 Å². The first-order valence-electron chi connectivity index (χ1n) is 5.10. The lowest BCUT2D eigenvalue weighted by Crippen LogP contribution is -2.19. The molecule has 1 aromatic heterocycles. The van der Waals surface area contributed by atoms with Gasteiger partial charge in [0.25, 0.3) is 0 Å². The fourth-order valence-corrected chi connectivity index (χ4v) is 1.41. The van der Waals surface area contributed by atoms with E-state index in [1.165, 1.54) is 12.0 Å². The van der Waals surface area contributed by atoms with Gasteiger partial charge in [0.2, 0.25) is 0 Å². The third kappa shape index (κ3) is 4.35. The molecular weight excluding hydrogens is 174 g/mol. The Kier molecular flexibility index (Phi) is 5.19. The zero-order valence-corrected chi connectivity index (χ0v) is 8.82. The fraction of sp³-hybridized carbons (Fsp3) is 0.545. The Morgan fingerprint density at radius 2 is 2.29 bits per heavy atom. The Hall–Kier alpha value is -0.930. The lowest BCUT2D eigenvalue weighted by molar-refractivity contribution is 0.319. The van der Waals surface area contributed by atoms with Crippen molar-refractivity contribution in [2.24, 2.45) is 5.73 Å². The van der Waals surface area contributed by atoms with Crippen LogP contribution in [0.2, 0.25) is 0 Å². The van der Waals surface area contributed by atoms with Gasteiger partial charge in [-0.3, -0.25) is 4.98 Å². The number of hydrogen-bond acceptors (Lipinski definition) is 3. The first kappa shape index (κ1) is 11.1. The summed E-state index contributed by atoms with van der Waals surface area (Å²) in [5, 5.41) is 0. The van der Waals surface area contributed by atoms with Gasteiger partial charge in [-0.2, -0.15) is 0 Å². The number of unbranched alkanes of at least 4 members (excludes halogenated alkanes) is 1. The van der Waals surface area contributed by atoms with Crippen molar-refractivity contribution in [1.82, 2.24) is 9.88 Å². The van der Waals surface area contributed by atoms with Crippen LogP contribution < -0.4 is 5.73 Å². The zero-order valence-electron chi connectivity index (χ0n) is 8.82. The molecule has 1 heterocycles. The Bertz CT molecular complexity index is 236. The molecule has 0 amide bonds. The quantitative estimate of drug-likeness (QED) is 0.691. The molecule has 3 heteroatoms. The molecule has 0 saturated carbocycles. The third-order valence-electron chi connectivity index (χ3n) is 2.17. The summed E-state index contributed by atoms with van der Waals surface area (Å²) >= 11 is 0. The van der Waals surface area contributed by atoms with E-state index in [1.807, 2.05) is 12.3 Å². The van der Waals surface area contributed by atoms with Crippen LogP contribution in [0.4, 0.5) is 0 Å². The molecule has 0 spiro atoms. The van der Waals surface area contributed by atoms with Crippen LogP contribution in [0.25, 0.3) is 0 Å². The molecule has 0 saturated heterocycles. The summed E-state index contributed by atoms with van der Waals surface area (Å²) in [6, 6.07) is 4.08. The molecule has 0 bridgehead atoms. The van der Waals surface area contributed by atoms with Crippen LogP contribution in [0, 0.1) is 0 Å². The van der Waals surface area contributed by atoms with Gasteiger partial charge < -0.3 is 10.6 Å². The van der Waals surface area contributed by atoms with Gasteiger partial charge in [-0.1, -0.05) is 6.07 Å². The summed E-state index contributed by atoms with van der Waals surface area (Å²) in [6.07, 6.45) is 6.00. The minimum absolute atomic E-state index is 0.792. The molecule has 14 heavy (non-hydrogen) atoms. The number of pyridine rings is 1. The van der Waals surface area contributed by atoms with E-state index in [4.69, 9.17) is 5.73 Å². The molecule has 78 valence electrons. The van der Waals surface area contributed by atoms with Crippen molar-refractivity contribution in [3.8, 4) is 0 Å². The second-order valence-electron chi connectivity index (χ2n) is 3.59.